The van der Waals surface area contributed by atoms with Crippen molar-refractivity contribution >= 4 is 11.9 Å². The van der Waals surface area contributed by atoms with E-state index in [4.69, 9.17) is 9.97 Å². The fourth-order valence-electron chi connectivity index (χ4n) is 3.69. The summed E-state index contributed by atoms with van der Waals surface area (Å²) >= 11 is 0. The second kappa shape index (κ2) is 7.53. The van der Waals surface area contributed by atoms with Gasteiger partial charge >= 0.3 is 0 Å². The fraction of sp³-hybridized carbons (Fsp3) is 0.579. The van der Waals surface area contributed by atoms with Crippen LogP contribution in [0.2, 0.25) is 0 Å². The van der Waals surface area contributed by atoms with Crippen LogP contribution in [0.5, 0.6) is 0 Å². The first kappa shape index (κ1) is 17.1. The average molecular weight is 353 g/mol. The molecule has 138 valence electrons. The third-order valence-electron chi connectivity index (χ3n) is 5.38. The van der Waals surface area contributed by atoms with Gasteiger partial charge in [0.2, 0.25) is 11.9 Å². The molecule has 0 N–H and O–H groups in total. The first-order valence-corrected chi connectivity index (χ1v) is 9.64. The van der Waals surface area contributed by atoms with E-state index < -0.39 is 0 Å². The molecule has 0 atom stereocenters. The molecular formula is C19H27N7. The van der Waals surface area contributed by atoms with E-state index in [1.807, 2.05) is 25.4 Å². The van der Waals surface area contributed by atoms with Crippen LogP contribution < -0.4 is 9.80 Å². The Hall–Kier alpha value is -2.28. The van der Waals surface area contributed by atoms with E-state index in [0.717, 1.165) is 74.7 Å². The number of aryl methyl sites for hydroxylation is 1. The molecule has 2 aromatic heterocycles. The standard InChI is InChI=1S/C19H27N7/c1-3-24-10-12-26(13-11-24)19-21-14-16(15(2)22-19)17-6-7-20-18(23-17)25-8-4-5-9-25/h6-7,14H,3-5,8-13H2,1-2H3. The van der Waals surface area contributed by atoms with Crippen LogP contribution in [-0.4, -0.2) is 70.6 Å². The van der Waals surface area contributed by atoms with Gasteiger partial charge in [0, 0.05) is 57.2 Å². The minimum Gasteiger partial charge on any atom is -0.341 e. The first-order chi connectivity index (χ1) is 12.7. The molecule has 0 aromatic carbocycles. The smallest absolute Gasteiger partial charge is 0.225 e. The zero-order valence-corrected chi connectivity index (χ0v) is 15.7. The molecule has 4 rings (SSSR count). The Bertz CT molecular complexity index is 749. The van der Waals surface area contributed by atoms with E-state index in [1.165, 1.54) is 12.8 Å². The Morgan fingerprint density at radius 1 is 0.885 bits per heavy atom. The molecule has 0 radical (unpaired) electrons. The number of rotatable bonds is 4. The largest absolute Gasteiger partial charge is 0.341 e. The monoisotopic (exact) mass is 353 g/mol. The van der Waals surface area contributed by atoms with Gasteiger partial charge in [-0.15, -0.1) is 0 Å². The zero-order valence-electron chi connectivity index (χ0n) is 15.7. The second-order valence-corrected chi connectivity index (χ2v) is 7.03. The van der Waals surface area contributed by atoms with E-state index in [1.54, 1.807) is 0 Å². The van der Waals surface area contributed by atoms with Crippen molar-refractivity contribution in [2.24, 2.45) is 0 Å². The van der Waals surface area contributed by atoms with Crippen molar-refractivity contribution < 1.29 is 0 Å². The lowest BCUT2D eigenvalue weighted by Gasteiger charge is -2.34. The van der Waals surface area contributed by atoms with E-state index in [0.29, 0.717) is 0 Å². The lowest BCUT2D eigenvalue weighted by Crippen LogP contribution is -2.46. The third kappa shape index (κ3) is 3.49. The molecule has 2 fully saturated rings. The van der Waals surface area contributed by atoms with Crippen molar-refractivity contribution in [2.75, 3.05) is 55.6 Å². The third-order valence-corrected chi connectivity index (χ3v) is 5.38. The number of aromatic nitrogens is 4. The lowest BCUT2D eigenvalue weighted by atomic mass is 10.2. The van der Waals surface area contributed by atoms with Crippen LogP contribution >= 0.6 is 0 Å². The molecule has 2 saturated heterocycles. The Balaban J connectivity index is 1.54. The number of likely N-dealkylation sites (N-methyl/N-ethyl adjacent to an activating group) is 1. The van der Waals surface area contributed by atoms with E-state index in [-0.39, 0.29) is 0 Å². The summed E-state index contributed by atoms with van der Waals surface area (Å²) in [7, 11) is 0. The fourth-order valence-corrected chi connectivity index (χ4v) is 3.69. The minimum absolute atomic E-state index is 0.819. The van der Waals surface area contributed by atoms with Crippen LogP contribution in [0.15, 0.2) is 18.5 Å². The molecule has 0 bridgehead atoms. The van der Waals surface area contributed by atoms with Crippen molar-refractivity contribution in [1.82, 2.24) is 24.8 Å². The van der Waals surface area contributed by atoms with Gasteiger partial charge in [0.05, 0.1) is 11.4 Å². The van der Waals surface area contributed by atoms with Crippen LogP contribution in [0.3, 0.4) is 0 Å². The maximum atomic E-state index is 4.77. The van der Waals surface area contributed by atoms with Crippen molar-refractivity contribution in [3.8, 4) is 11.3 Å². The Morgan fingerprint density at radius 2 is 1.58 bits per heavy atom. The van der Waals surface area contributed by atoms with E-state index in [9.17, 15) is 0 Å². The predicted molar refractivity (Wildman–Crippen MR) is 104 cm³/mol. The van der Waals surface area contributed by atoms with Crippen LogP contribution in [0.25, 0.3) is 11.3 Å². The molecule has 4 heterocycles. The molecular weight excluding hydrogens is 326 g/mol. The van der Waals surface area contributed by atoms with Crippen molar-refractivity contribution in [3.63, 3.8) is 0 Å². The topological polar surface area (TPSA) is 61.3 Å². The molecule has 0 saturated carbocycles. The Kier molecular flexibility index (Phi) is 4.97. The molecule has 0 amide bonds. The highest BCUT2D eigenvalue weighted by Gasteiger charge is 2.20. The molecule has 0 unspecified atom stereocenters. The summed E-state index contributed by atoms with van der Waals surface area (Å²) in [5.74, 6) is 1.65. The van der Waals surface area contributed by atoms with Gasteiger partial charge in [-0.05, 0) is 32.4 Å². The van der Waals surface area contributed by atoms with Crippen LogP contribution in [-0.2, 0) is 0 Å². The van der Waals surface area contributed by atoms with Gasteiger partial charge in [-0.25, -0.2) is 19.9 Å². The molecule has 7 heteroatoms. The summed E-state index contributed by atoms with van der Waals surface area (Å²) in [4.78, 5) is 25.6. The van der Waals surface area contributed by atoms with Gasteiger partial charge in [0.1, 0.15) is 0 Å². The first-order valence-electron chi connectivity index (χ1n) is 9.64. The van der Waals surface area contributed by atoms with Gasteiger partial charge in [-0.2, -0.15) is 0 Å². The summed E-state index contributed by atoms with van der Waals surface area (Å²) in [6.07, 6.45) is 6.19. The Labute approximate surface area is 155 Å². The second-order valence-electron chi connectivity index (χ2n) is 7.03. The molecule has 2 aromatic rings. The maximum Gasteiger partial charge on any atom is 0.225 e. The normalized spacial score (nSPS) is 18.5. The average Bonchev–Trinajstić information content (AvgIpc) is 3.23. The zero-order chi connectivity index (χ0) is 17.9. The molecule has 26 heavy (non-hydrogen) atoms. The number of anilines is 2. The number of nitrogens with zero attached hydrogens (tertiary/aromatic N) is 7. The summed E-state index contributed by atoms with van der Waals surface area (Å²) in [5.41, 5.74) is 2.87. The number of hydrogen-bond donors (Lipinski definition) is 0. The molecule has 0 aliphatic carbocycles. The van der Waals surface area contributed by atoms with Crippen molar-refractivity contribution in [2.45, 2.75) is 26.7 Å². The van der Waals surface area contributed by atoms with Gasteiger partial charge in [0.25, 0.3) is 0 Å². The highest BCUT2D eigenvalue weighted by molar-refractivity contribution is 5.62. The summed E-state index contributed by atoms with van der Waals surface area (Å²) in [6, 6.07) is 1.95. The van der Waals surface area contributed by atoms with Crippen LogP contribution in [0.1, 0.15) is 25.5 Å². The summed E-state index contributed by atoms with van der Waals surface area (Å²) in [5, 5.41) is 0. The van der Waals surface area contributed by atoms with Gasteiger partial charge in [-0.3, -0.25) is 0 Å². The van der Waals surface area contributed by atoms with Crippen molar-refractivity contribution in [3.05, 3.63) is 24.2 Å². The SMILES string of the molecule is CCN1CCN(c2ncc(-c3ccnc(N4CCCC4)n3)c(C)n2)CC1. The summed E-state index contributed by atoms with van der Waals surface area (Å²) in [6.45, 7) is 11.6. The van der Waals surface area contributed by atoms with Gasteiger partial charge in [0.15, 0.2) is 0 Å². The maximum absolute atomic E-state index is 4.77. The highest BCUT2D eigenvalue weighted by atomic mass is 15.3. The number of hydrogen-bond acceptors (Lipinski definition) is 7. The van der Waals surface area contributed by atoms with E-state index >= 15 is 0 Å². The number of piperazine rings is 1. The Morgan fingerprint density at radius 3 is 2.27 bits per heavy atom. The highest BCUT2D eigenvalue weighted by Crippen LogP contribution is 2.24. The predicted octanol–water partition coefficient (Wildman–Crippen LogP) is 1.98. The van der Waals surface area contributed by atoms with Crippen LogP contribution in [0, 0.1) is 6.92 Å². The lowest BCUT2D eigenvalue weighted by molar-refractivity contribution is 0.270. The quantitative estimate of drug-likeness (QED) is 0.833. The van der Waals surface area contributed by atoms with Crippen molar-refractivity contribution in [1.29, 1.82) is 0 Å². The molecule has 7 nitrogen and oxygen atoms in total. The van der Waals surface area contributed by atoms with Gasteiger partial charge < -0.3 is 14.7 Å². The van der Waals surface area contributed by atoms with Gasteiger partial charge in [-0.1, -0.05) is 6.92 Å². The molecule has 0 spiro atoms. The van der Waals surface area contributed by atoms with E-state index in [2.05, 4.69) is 31.6 Å². The molecule has 2 aliphatic rings. The minimum atomic E-state index is 0.819. The summed E-state index contributed by atoms with van der Waals surface area (Å²) < 4.78 is 0. The molecule has 2 aliphatic heterocycles. The van der Waals surface area contributed by atoms with Crippen LogP contribution in [0.4, 0.5) is 11.9 Å².